The molecule has 0 saturated heterocycles. The fraction of sp³-hybridized carbons (Fsp3) is 0.286. The molecular formula is C14H16N4O. The van der Waals surface area contributed by atoms with Gasteiger partial charge in [0.2, 0.25) is 5.91 Å². The van der Waals surface area contributed by atoms with Crippen LogP contribution in [0.5, 0.6) is 0 Å². The second-order valence-corrected chi connectivity index (χ2v) is 4.70. The third-order valence-corrected chi connectivity index (χ3v) is 3.47. The zero-order chi connectivity index (χ0) is 13.2. The van der Waals surface area contributed by atoms with Crippen molar-refractivity contribution in [2.24, 2.45) is 0 Å². The number of rotatable bonds is 3. The van der Waals surface area contributed by atoms with Crippen LogP contribution in [0.4, 0.5) is 11.4 Å². The molecule has 1 aromatic heterocycles. The highest BCUT2D eigenvalue weighted by atomic mass is 16.2. The van der Waals surface area contributed by atoms with Crippen LogP contribution < -0.4 is 10.6 Å². The Morgan fingerprint density at radius 3 is 3.11 bits per heavy atom. The number of amides is 1. The Balaban J connectivity index is 1.73. The molecule has 0 bridgehead atoms. The highest BCUT2D eigenvalue weighted by molar-refractivity contribution is 5.98. The van der Waals surface area contributed by atoms with Crippen LogP contribution in [0.25, 0.3) is 0 Å². The normalized spacial score (nSPS) is 13.6. The summed E-state index contributed by atoms with van der Waals surface area (Å²) in [6.45, 7) is 1.38. The molecule has 2 heterocycles. The smallest absolute Gasteiger partial charge is 0.228 e. The number of hydrogen-bond donors (Lipinski definition) is 1. The summed E-state index contributed by atoms with van der Waals surface area (Å²) >= 11 is 0. The van der Waals surface area contributed by atoms with Crippen LogP contribution in [0, 0.1) is 0 Å². The highest BCUT2D eigenvalue weighted by Gasteiger charge is 2.25. The molecule has 1 aliphatic heterocycles. The molecule has 3 rings (SSSR count). The summed E-state index contributed by atoms with van der Waals surface area (Å²) < 4.78 is 1.91. The molecule has 5 nitrogen and oxygen atoms in total. The van der Waals surface area contributed by atoms with Crippen LogP contribution in [0.15, 0.2) is 36.9 Å². The van der Waals surface area contributed by atoms with E-state index in [-0.39, 0.29) is 5.91 Å². The van der Waals surface area contributed by atoms with Crippen LogP contribution in [0.3, 0.4) is 0 Å². The van der Waals surface area contributed by atoms with Gasteiger partial charge in [-0.15, -0.1) is 0 Å². The van der Waals surface area contributed by atoms with Crippen molar-refractivity contribution in [2.45, 2.75) is 19.4 Å². The first-order valence-electron chi connectivity index (χ1n) is 6.39. The predicted octanol–water partition coefficient (Wildman–Crippen LogP) is 1.44. The molecule has 0 saturated carbocycles. The average Bonchev–Trinajstić information content (AvgIpc) is 3.05. The van der Waals surface area contributed by atoms with Gasteiger partial charge >= 0.3 is 0 Å². The van der Waals surface area contributed by atoms with Crippen molar-refractivity contribution in [3.8, 4) is 0 Å². The standard InChI is InChI=1S/C14H16N4O/c15-12-3-1-2-11-4-8-18(14(11)12)13(19)5-7-17-9-6-16-10-17/h1-3,6,9-10H,4-5,7-8,15H2. The Bertz CT molecular complexity index is 591. The minimum atomic E-state index is 0.116. The van der Waals surface area contributed by atoms with E-state index in [1.807, 2.05) is 33.9 Å². The number of nitrogens with zero attached hydrogens (tertiary/aromatic N) is 3. The van der Waals surface area contributed by atoms with Crippen molar-refractivity contribution in [3.63, 3.8) is 0 Å². The lowest BCUT2D eigenvalue weighted by Gasteiger charge is -2.19. The summed E-state index contributed by atoms with van der Waals surface area (Å²) in [5.74, 6) is 0.116. The quantitative estimate of drug-likeness (QED) is 0.845. The van der Waals surface area contributed by atoms with Crippen LogP contribution in [-0.4, -0.2) is 22.0 Å². The number of aromatic nitrogens is 2. The average molecular weight is 256 g/mol. The van der Waals surface area contributed by atoms with E-state index in [2.05, 4.69) is 4.98 Å². The molecule has 5 heteroatoms. The van der Waals surface area contributed by atoms with E-state index in [0.29, 0.717) is 18.7 Å². The van der Waals surface area contributed by atoms with E-state index < -0.39 is 0 Å². The summed E-state index contributed by atoms with van der Waals surface area (Å²) in [7, 11) is 0. The van der Waals surface area contributed by atoms with Crippen LogP contribution in [0.1, 0.15) is 12.0 Å². The van der Waals surface area contributed by atoms with Gasteiger partial charge in [0.25, 0.3) is 0 Å². The first-order valence-corrected chi connectivity index (χ1v) is 6.39. The van der Waals surface area contributed by atoms with Gasteiger partial charge in [0.05, 0.1) is 17.7 Å². The van der Waals surface area contributed by atoms with Crippen LogP contribution in [0.2, 0.25) is 0 Å². The Hall–Kier alpha value is -2.30. The molecule has 0 unspecified atom stereocenters. The maximum atomic E-state index is 12.3. The fourth-order valence-electron chi connectivity index (χ4n) is 2.51. The molecule has 0 radical (unpaired) electrons. The van der Waals surface area contributed by atoms with Gasteiger partial charge in [0.15, 0.2) is 0 Å². The molecule has 1 aromatic carbocycles. The lowest BCUT2D eigenvalue weighted by Crippen LogP contribution is -2.30. The lowest BCUT2D eigenvalue weighted by atomic mass is 10.1. The van der Waals surface area contributed by atoms with Crippen molar-refractivity contribution in [1.82, 2.24) is 9.55 Å². The Kier molecular flexibility index (Phi) is 2.95. The highest BCUT2D eigenvalue weighted by Crippen LogP contribution is 2.33. The molecule has 2 N–H and O–H groups in total. The number of carbonyl (C=O) groups is 1. The largest absolute Gasteiger partial charge is 0.397 e. The van der Waals surface area contributed by atoms with Crippen molar-refractivity contribution in [3.05, 3.63) is 42.5 Å². The van der Waals surface area contributed by atoms with E-state index in [4.69, 9.17) is 5.73 Å². The number of nitrogens with two attached hydrogens (primary N) is 1. The van der Waals surface area contributed by atoms with Gasteiger partial charge in [-0.2, -0.15) is 0 Å². The summed E-state index contributed by atoms with van der Waals surface area (Å²) in [4.78, 5) is 18.1. The van der Waals surface area contributed by atoms with Crippen LogP contribution >= 0.6 is 0 Å². The minimum absolute atomic E-state index is 0.116. The predicted molar refractivity (Wildman–Crippen MR) is 73.8 cm³/mol. The number of benzene rings is 1. The topological polar surface area (TPSA) is 64.2 Å². The summed E-state index contributed by atoms with van der Waals surface area (Å²) in [6, 6.07) is 5.82. The molecule has 0 atom stereocenters. The van der Waals surface area contributed by atoms with Crippen molar-refractivity contribution in [2.75, 3.05) is 17.2 Å². The third kappa shape index (κ3) is 2.19. The Morgan fingerprint density at radius 1 is 1.42 bits per heavy atom. The molecular weight excluding hydrogens is 240 g/mol. The van der Waals surface area contributed by atoms with Gasteiger partial charge in [0.1, 0.15) is 0 Å². The van der Waals surface area contributed by atoms with Gasteiger partial charge in [-0.05, 0) is 18.1 Å². The summed E-state index contributed by atoms with van der Waals surface area (Å²) in [5, 5.41) is 0. The molecule has 1 amide bonds. The molecule has 0 fully saturated rings. The minimum Gasteiger partial charge on any atom is -0.397 e. The van der Waals surface area contributed by atoms with E-state index in [1.54, 1.807) is 12.5 Å². The monoisotopic (exact) mass is 256 g/mol. The van der Waals surface area contributed by atoms with E-state index >= 15 is 0 Å². The van der Waals surface area contributed by atoms with Gasteiger partial charge in [-0.3, -0.25) is 4.79 Å². The molecule has 19 heavy (non-hydrogen) atoms. The van der Waals surface area contributed by atoms with Gasteiger partial charge in [-0.1, -0.05) is 12.1 Å². The Labute approximate surface area is 111 Å². The number of fused-ring (bicyclic) bond motifs is 1. The second-order valence-electron chi connectivity index (χ2n) is 4.70. The molecule has 0 spiro atoms. The maximum Gasteiger partial charge on any atom is 0.228 e. The van der Waals surface area contributed by atoms with Crippen molar-refractivity contribution in [1.29, 1.82) is 0 Å². The molecule has 0 aliphatic carbocycles. The van der Waals surface area contributed by atoms with Crippen LogP contribution in [-0.2, 0) is 17.8 Å². The summed E-state index contributed by atoms with van der Waals surface area (Å²) in [6.07, 6.45) is 6.65. The van der Waals surface area contributed by atoms with E-state index in [0.717, 1.165) is 24.2 Å². The number of carbonyl (C=O) groups excluding carboxylic acids is 1. The second kappa shape index (κ2) is 4.76. The van der Waals surface area contributed by atoms with Gasteiger partial charge in [-0.25, -0.2) is 4.98 Å². The van der Waals surface area contributed by atoms with Gasteiger partial charge < -0.3 is 15.2 Å². The number of imidazole rings is 1. The van der Waals surface area contributed by atoms with Crippen molar-refractivity contribution < 1.29 is 4.79 Å². The first-order chi connectivity index (χ1) is 9.25. The molecule has 1 aliphatic rings. The number of hydrogen-bond acceptors (Lipinski definition) is 3. The number of anilines is 2. The van der Waals surface area contributed by atoms with Crippen molar-refractivity contribution >= 4 is 17.3 Å². The number of aryl methyl sites for hydroxylation is 1. The lowest BCUT2D eigenvalue weighted by molar-refractivity contribution is -0.118. The molecule has 2 aromatic rings. The van der Waals surface area contributed by atoms with Gasteiger partial charge in [0, 0.05) is 31.9 Å². The number of nitrogen functional groups attached to an aromatic ring is 1. The Morgan fingerprint density at radius 2 is 2.32 bits per heavy atom. The van der Waals surface area contributed by atoms with E-state index in [9.17, 15) is 4.79 Å². The van der Waals surface area contributed by atoms with E-state index in [1.165, 1.54) is 0 Å². The summed E-state index contributed by atoms with van der Waals surface area (Å²) in [5.41, 5.74) is 8.73. The number of para-hydroxylation sites is 1. The zero-order valence-electron chi connectivity index (χ0n) is 10.6. The maximum absolute atomic E-state index is 12.3. The molecule has 98 valence electrons. The first kappa shape index (κ1) is 11.8. The SMILES string of the molecule is Nc1cccc2c1N(C(=O)CCn1ccnc1)CC2. The zero-order valence-corrected chi connectivity index (χ0v) is 10.6. The fourth-order valence-corrected chi connectivity index (χ4v) is 2.51. The third-order valence-electron chi connectivity index (χ3n) is 3.47.